The number of hydrogen-bond acceptors (Lipinski definition) is 2. The van der Waals surface area contributed by atoms with Crippen LogP contribution >= 0.6 is 0 Å². The van der Waals surface area contributed by atoms with Crippen LogP contribution in [0.2, 0.25) is 0 Å². The molecule has 0 aliphatic rings. The van der Waals surface area contributed by atoms with E-state index in [-0.39, 0.29) is 5.46 Å². The first-order valence-corrected chi connectivity index (χ1v) is 3.91. The summed E-state index contributed by atoms with van der Waals surface area (Å²) in [7, 11) is 6.86. The van der Waals surface area contributed by atoms with Crippen LogP contribution in [0.25, 0.3) is 0 Å². The molecule has 0 atom stereocenters. The van der Waals surface area contributed by atoms with Crippen LogP contribution in [0.4, 0.5) is 4.39 Å². The maximum atomic E-state index is 12.9. The quantitative estimate of drug-likeness (QED) is 0.500. The van der Waals surface area contributed by atoms with Gasteiger partial charge in [-0.05, 0) is 6.07 Å². The van der Waals surface area contributed by atoms with Gasteiger partial charge in [-0.1, -0.05) is 11.5 Å². The van der Waals surface area contributed by atoms with Gasteiger partial charge >= 0.3 is 0 Å². The monoisotopic (exact) mass is 180 g/mol. The molecule has 0 saturated carbocycles. The molecule has 0 aromatic heterocycles. The minimum atomic E-state index is -0.463. The van der Waals surface area contributed by atoms with Crippen LogP contribution in [0.1, 0.15) is 0 Å². The van der Waals surface area contributed by atoms with Crippen molar-refractivity contribution in [1.29, 1.82) is 0 Å². The summed E-state index contributed by atoms with van der Waals surface area (Å²) in [6, 6.07) is 4.34. The van der Waals surface area contributed by atoms with Crippen LogP contribution < -0.4 is 10.2 Å². The molecule has 4 heteroatoms. The Bertz CT molecular complexity index is 278. The Balaban J connectivity index is 2.53. The van der Waals surface area contributed by atoms with E-state index in [0.29, 0.717) is 19.0 Å². The fraction of sp³-hybridized carbons (Fsp3) is 0.333. The highest BCUT2D eigenvalue weighted by molar-refractivity contribution is 6.32. The van der Waals surface area contributed by atoms with E-state index >= 15 is 0 Å². The van der Waals surface area contributed by atoms with E-state index in [0.717, 1.165) is 0 Å². The molecule has 68 valence electrons. The van der Waals surface area contributed by atoms with E-state index in [4.69, 9.17) is 17.3 Å². The topological polar surface area (TPSA) is 18.5 Å². The molecule has 2 nitrogen and oxygen atoms in total. The van der Waals surface area contributed by atoms with Crippen molar-refractivity contribution in [2.24, 2.45) is 0 Å². The molecule has 0 heterocycles. The molecule has 2 radical (unpaired) electrons. The van der Waals surface area contributed by atoms with Gasteiger partial charge in [0.15, 0.2) is 0 Å². The summed E-state index contributed by atoms with van der Waals surface area (Å²) in [5, 5.41) is 0. The van der Waals surface area contributed by atoms with Gasteiger partial charge in [0.05, 0.1) is 6.61 Å². The maximum Gasteiger partial charge on any atom is 0.122 e. The molecular weight excluding hydrogens is 170 g/mol. The molecule has 0 saturated heterocycles. The predicted molar refractivity (Wildman–Crippen MR) is 49.2 cm³/mol. The summed E-state index contributed by atoms with van der Waals surface area (Å²) in [4.78, 5) is 0. The molecule has 1 rings (SSSR count). The van der Waals surface area contributed by atoms with Gasteiger partial charge in [-0.25, -0.2) is 4.39 Å². The van der Waals surface area contributed by atoms with Gasteiger partial charge < -0.3 is 9.47 Å². The summed E-state index contributed by atoms with van der Waals surface area (Å²) in [6.07, 6.45) is 0. The van der Waals surface area contributed by atoms with Gasteiger partial charge in [0.2, 0.25) is 0 Å². The Morgan fingerprint density at radius 1 is 1.38 bits per heavy atom. The van der Waals surface area contributed by atoms with Crippen LogP contribution in [0.5, 0.6) is 5.75 Å². The van der Waals surface area contributed by atoms with E-state index in [1.54, 1.807) is 13.2 Å². The fourth-order valence-electron chi connectivity index (χ4n) is 0.840. The van der Waals surface area contributed by atoms with E-state index in [2.05, 4.69) is 0 Å². The number of halogens is 1. The molecule has 1 aromatic carbocycles. The third-order valence-electron chi connectivity index (χ3n) is 1.53. The summed E-state index contributed by atoms with van der Waals surface area (Å²) >= 11 is 0. The van der Waals surface area contributed by atoms with Gasteiger partial charge in [-0.2, -0.15) is 0 Å². The van der Waals surface area contributed by atoms with E-state index < -0.39 is 5.82 Å². The zero-order chi connectivity index (χ0) is 9.68. The summed E-state index contributed by atoms with van der Waals surface area (Å²) in [6.45, 7) is 0.881. The molecule has 0 unspecified atom stereocenters. The summed E-state index contributed by atoms with van der Waals surface area (Å²) in [5.41, 5.74) is 0.124. The molecule has 0 aliphatic heterocycles. The SMILES string of the molecule is [B]c1ccc(OCCOC)cc1F. The highest BCUT2D eigenvalue weighted by atomic mass is 19.1. The molecule has 0 N–H and O–H groups in total. The average Bonchev–Trinajstić information content (AvgIpc) is 2.12. The van der Waals surface area contributed by atoms with E-state index in [1.165, 1.54) is 12.1 Å². The van der Waals surface area contributed by atoms with Crippen molar-refractivity contribution in [3.63, 3.8) is 0 Å². The lowest BCUT2D eigenvalue weighted by Gasteiger charge is -2.05. The second-order valence-electron chi connectivity index (χ2n) is 2.52. The molecule has 0 amide bonds. The standard InChI is InChI=1S/C9H10BFO2/c1-12-4-5-13-7-2-3-8(10)9(11)6-7/h2-3,6H,4-5H2,1H3. The first kappa shape index (κ1) is 10.1. The van der Waals surface area contributed by atoms with Crippen LogP contribution in [0, 0.1) is 5.82 Å². The molecule has 0 spiro atoms. The first-order valence-electron chi connectivity index (χ1n) is 3.91. The number of methoxy groups -OCH3 is 1. The van der Waals surface area contributed by atoms with Gasteiger partial charge in [-0.15, -0.1) is 0 Å². The first-order chi connectivity index (χ1) is 6.24. The molecule has 0 bridgehead atoms. The molecule has 1 aromatic rings. The lowest BCUT2D eigenvalue weighted by atomic mass is 9.96. The van der Waals surface area contributed by atoms with Crippen molar-refractivity contribution in [3.8, 4) is 5.75 Å². The minimum Gasteiger partial charge on any atom is -0.491 e. The Morgan fingerprint density at radius 3 is 2.77 bits per heavy atom. The molecular formula is C9H10BFO2. The van der Waals surface area contributed by atoms with Gasteiger partial charge in [0.25, 0.3) is 0 Å². The summed E-state index contributed by atoms with van der Waals surface area (Å²) in [5.74, 6) is -0.00123. The van der Waals surface area contributed by atoms with Crippen molar-refractivity contribution in [3.05, 3.63) is 24.0 Å². The van der Waals surface area contributed by atoms with Gasteiger partial charge in [-0.3, -0.25) is 0 Å². The van der Waals surface area contributed by atoms with Gasteiger partial charge in [0, 0.05) is 13.2 Å². The fourth-order valence-corrected chi connectivity index (χ4v) is 0.840. The number of benzene rings is 1. The minimum absolute atomic E-state index is 0.124. The zero-order valence-corrected chi connectivity index (χ0v) is 7.42. The van der Waals surface area contributed by atoms with Crippen molar-refractivity contribution in [1.82, 2.24) is 0 Å². The number of rotatable bonds is 4. The van der Waals surface area contributed by atoms with Crippen molar-refractivity contribution in [2.75, 3.05) is 20.3 Å². The van der Waals surface area contributed by atoms with Crippen LogP contribution in [-0.4, -0.2) is 28.2 Å². The van der Waals surface area contributed by atoms with Crippen molar-refractivity contribution >= 4 is 13.3 Å². The predicted octanol–water partition coefficient (Wildman–Crippen LogP) is 0.645. The van der Waals surface area contributed by atoms with E-state index in [1.807, 2.05) is 0 Å². The largest absolute Gasteiger partial charge is 0.491 e. The average molecular weight is 180 g/mol. The highest BCUT2D eigenvalue weighted by Gasteiger charge is 1.98. The highest BCUT2D eigenvalue weighted by Crippen LogP contribution is 2.09. The lowest BCUT2D eigenvalue weighted by Crippen LogP contribution is -2.09. The number of ether oxygens (including phenoxy) is 2. The second kappa shape index (κ2) is 4.87. The smallest absolute Gasteiger partial charge is 0.122 e. The third kappa shape index (κ3) is 3.07. The maximum absolute atomic E-state index is 12.9. The molecule has 13 heavy (non-hydrogen) atoms. The Morgan fingerprint density at radius 2 is 2.15 bits per heavy atom. The van der Waals surface area contributed by atoms with Crippen molar-refractivity contribution in [2.45, 2.75) is 0 Å². The van der Waals surface area contributed by atoms with Crippen molar-refractivity contribution < 1.29 is 13.9 Å². The lowest BCUT2D eigenvalue weighted by molar-refractivity contribution is 0.146. The molecule has 0 fully saturated rings. The van der Waals surface area contributed by atoms with Crippen LogP contribution in [0.3, 0.4) is 0 Å². The number of hydrogen-bond donors (Lipinski definition) is 0. The summed E-state index contributed by atoms with van der Waals surface area (Å²) < 4.78 is 22.8. The Labute approximate surface area is 78.1 Å². The normalized spacial score (nSPS) is 10.0. The second-order valence-corrected chi connectivity index (χ2v) is 2.52. The third-order valence-corrected chi connectivity index (χ3v) is 1.53. The van der Waals surface area contributed by atoms with Crippen LogP contribution in [-0.2, 0) is 4.74 Å². The molecule has 0 aliphatic carbocycles. The van der Waals surface area contributed by atoms with Crippen LogP contribution in [0.15, 0.2) is 18.2 Å². The van der Waals surface area contributed by atoms with E-state index in [9.17, 15) is 4.39 Å². The Kier molecular flexibility index (Phi) is 3.77. The Hall–Kier alpha value is -1.03. The van der Waals surface area contributed by atoms with Gasteiger partial charge in [0.1, 0.15) is 26.0 Å². The zero-order valence-electron chi connectivity index (χ0n) is 7.42.